The topological polar surface area (TPSA) is 32.8 Å². The Balaban J connectivity index is 0.000000131. The largest absolute Gasteiger partial charge is 0.393 e. The number of rotatable bonds is 0. The fraction of sp³-hybridized carbons (Fsp3) is 1.00. The zero-order valence-corrected chi connectivity index (χ0v) is 8.41. The molecule has 2 nitrogen and oxygen atoms in total. The summed E-state index contributed by atoms with van der Waals surface area (Å²) in [6.45, 7) is 2.11. The zero-order valence-electron chi connectivity index (χ0n) is 8.41. The van der Waals surface area contributed by atoms with Gasteiger partial charge in [0.15, 0.2) is 0 Å². The van der Waals surface area contributed by atoms with Crippen LogP contribution in [0.4, 0.5) is 0 Å². The first kappa shape index (κ1) is 12.0. The molecule has 0 amide bonds. The molecule has 0 bridgehead atoms. The Kier molecular flexibility index (Phi) is 4.39. The molecule has 1 N–H and O–H groups in total. The molecule has 0 spiro atoms. The highest BCUT2D eigenvalue weighted by molar-refractivity contribution is 4.90. The van der Waals surface area contributed by atoms with E-state index in [1.807, 2.05) is 0 Å². The first-order valence-corrected chi connectivity index (χ1v) is 5.61. The normalized spacial score (nSPS) is 43.3. The van der Waals surface area contributed by atoms with E-state index >= 15 is 0 Å². The molecule has 0 aromatic rings. The van der Waals surface area contributed by atoms with E-state index in [4.69, 9.17) is 9.84 Å². The molecular weight excluding hydrogens is 176 g/mol. The highest BCUT2D eigenvalue weighted by Crippen LogP contribution is 2.37. The summed E-state index contributed by atoms with van der Waals surface area (Å²) in [4.78, 5) is 0. The Morgan fingerprint density at radius 1 is 1.00 bits per heavy atom. The van der Waals surface area contributed by atoms with E-state index < -0.39 is 0 Å². The molecule has 2 heteroatoms. The summed E-state index contributed by atoms with van der Waals surface area (Å²) in [5.41, 5.74) is 0. The third kappa shape index (κ3) is 2.96. The Hall–Kier alpha value is -0.0800. The Morgan fingerprint density at radius 3 is 1.71 bits per heavy atom. The van der Waals surface area contributed by atoms with Crippen LogP contribution in [0.2, 0.25) is 0 Å². The average Bonchev–Trinajstić information content (AvgIpc) is 2.53. The zero-order chi connectivity index (χ0) is 9.26. The van der Waals surface area contributed by atoms with Gasteiger partial charge in [0.25, 0.3) is 0 Å². The molecule has 3 fully saturated rings. The summed E-state index contributed by atoms with van der Waals surface area (Å²) < 4.78 is 5.15. The van der Waals surface area contributed by atoms with Crippen molar-refractivity contribution >= 4 is 0 Å². The number of aliphatic hydroxyl groups excluding tert-OH is 1. The van der Waals surface area contributed by atoms with Crippen molar-refractivity contribution in [2.24, 2.45) is 5.92 Å². The molecule has 3 aliphatic rings. The fourth-order valence-corrected chi connectivity index (χ4v) is 2.33. The van der Waals surface area contributed by atoms with Gasteiger partial charge in [-0.05, 0) is 38.0 Å². The van der Waals surface area contributed by atoms with Gasteiger partial charge in [-0.15, -0.1) is 0 Å². The van der Waals surface area contributed by atoms with Gasteiger partial charge in [0.05, 0.1) is 18.3 Å². The minimum atomic E-state index is 0. The third-order valence-corrected chi connectivity index (χ3v) is 3.48. The lowest BCUT2D eigenvalue weighted by atomic mass is 10.1. The molecule has 2 saturated carbocycles. The second kappa shape index (κ2) is 5.13. The number of ether oxygens (including phenoxy) is 1. The van der Waals surface area contributed by atoms with Crippen molar-refractivity contribution in [3.05, 3.63) is 0 Å². The first-order valence-electron chi connectivity index (χ1n) is 5.61. The molecular formula is C12H24O2. The Labute approximate surface area is 87.7 Å². The number of hydrogen-bond acceptors (Lipinski definition) is 2. The standard InChI is InChI=1S/C6H12O.C5H8O.CH4/c1-5-3-2-4-6(5)7;1-2-4-5(3-1)6-4;/h5-7H,2-4H2,1H3;4-5H,1-3H2;1H4/t5-,6-;;/m0../s1. The first-order chi connectivity index (χ1) is 6.27. The Bertz CT molecular complexity index is 154. The van der Waals surface area contributed by atoms with E-state index in [0.717, 1.165) is 6.42 Å². The van der Waals surface area contributed by atoms with E-state index in [0.29, 0.717) is 18.1 Å². The van der Waals surface area contributed by atoms with Crippen molar-refractivity contribution in [1.82, 2.24) is 0 Å². The summed E-state index contributed by atoms with van der Waals surface area (Å²) in [6.07, 6.45) is 9.00. The van der Waals surface area contributed by atoms with Gasteiger partial charge in [0, 0.05) is 0 Å². The van der Waals surface area contributed by atoms with Crippen LogP contribution in [0, 0.1) is 5.92 Å². The lowest BCUT2D eigenvalue weighted by Gasteiger charge is -2.04. The van der Waals surface area contributed by atoms with Crippen LogP contribution in [0.15, 0.2) is 0 Å². The summed E-state index contributed by atoms with van der Waals surface area (Å²) >= 11 is 0. The predicted molar refractivity (Wildman–Crippen MR) is 58.3 cm³/mol. The molecule has 2 unspecified atom stereocenters. The van der Waals surface area contributed by atoms with Gasteiger partial charge in [0.1, 0.15) is 0 Å². The van der Waals surface area contributed by atoms with Crippen molar-refractivity contribution in [1.29, 1.82) is 0 Å². The molecule has 0 radical (unpaired) electrons. The van der Waals surface area contributed by atoms with Crippen LogP contribution >= 0.6 is 0 Å². The molecule has 2 aliphatic carbocycles. The van der Waals surface area contributed by atoms with Crippen molar-refractivity contribution in [3.8, 4) is 0 Å². The molecule has 4 atom stereocenters. The number of hydrogen-bond donors (Lipinski definition) is 1. The second-order valence-electron chi connectivity index (χ2n) is 4.62. The van der Waals surface area contributed by atoms with Gasteiger partial charge in [0.2, 0.25) is 0 Å². The molecule has 0 aromatic carbocycles. The quantitative estimate of drug-likeness (QED) is 0.610. The minimum absolute atomic E-state index is 0. The van der Waals surface area contributed by atoms with E-state index in [-0.39, 0.29) is 13.5 Å². The maximum absolute atomic E-state index is 9.00. The summed E-state index contributed by atoms with van der Waals surface area (Å²) in [6, 6.07) is 0. The van der Waals surface area contributed by atoms with Crippen molar-refractivity contribution < 1.29 is 9.84 Å². The lowest BCUT2D eigenvalue weighted by molar-refractivity contribution is 0.141. The number of epoxide rings is 1. The van der Waals surface area contributed by atoms with Crippen LogP contribution in [-0.2, 0) is 4.74 Å². The minimum Gasteiger partial charge on any atom is -0.393 e. The second-order valence-corrected chi connectivity index (χ2v) is 4.62. The summed E-state index contributed by atoms with van der Waals surface area (Å²) in [7, 11) is 0. The fourth-order valence-electron chi connectivity index (χ4n) is 2.33. The SMILES string of the molecule is C.C1CC2OC2C1.C[C@H]1CCC[C@@H]1O. The maximum Gasteiger partial charge on any atom is 0.0841 e. The van der Waals surface area contributed by atoms with Gasteiger partial charge < -0.3 is 9.84 Å². The van der Waals surface area contributed by atoms with E-state index in [9.17, 15) is 0 Å². The third-order valence-electron chi connectivity index (χ3n) is 3.48. The van der Waals surface area contributed by atoms with Gasteiger partial charge >= 0.3 is 0 Å². The highest BCUT2D eigenvalue weighted by Gasteiger charge is 2.42. The van der Waals surface area contributed by atoms with Crippen LogP contribution in [0.3, 0.4) is 0 Å². The molecule has 14 heavy (non-hydrogen) atoms. The molecule has 0 aromatic heterocycles. The molecule has 1 heterocycles. The predicted octanol–water partition coefficient (Wildman–Crippen LogP) is 2.74. The van der Waals surface area contributed by atoms with Crippen LogP contribution in [0.25, 0.3) is 0 Å². The van der Waals surface area contributed by atoms with Gasteiger partial charge in [-0.25, -0.2) is 0 Å². The Morgan fingerprint density at radius 2 is 1.57 bits per heavy atom. The van der Waals surface area contributed by atoms with Gasteiger partial charge in [-0.2, -0.15) is 0 Å². The van der Waals surface area contributed by atoms with Crippen LogP contribution in [0.1, 0.15) is 52.9 Å². The summed E-state index contributed by atoms with van der Waals surface area (Å²) in [5, 5.41) is 9.00. The van der Waals surface area contributed by atoms with Crippen LogP contribution < -0.4 is 0 Å². The van der Waals surface area contributed by atoms with Crippen molar-refractivity contribution in [3.63, 3.8) is 0 Å². The molecule has 84 valence electrons. The molecule has 1 saturated heterocycles. The van der Waals surface area contributed by atoms with Gasteiger partial charge in [-0.1, -0.05) is 20.8 Å². The summed E-state index contributed by atoms with van der Waals surface area (Å²) in [5.74, 6) is 0.569. The van der Waals surface area contributed by atoms with Crippen LogP contribution in [-0.4, -0.2) is 23.4 Å². The van der Waals surface area contributed by atoms with Crippen molar-refractivity contribution in [2.75, 3.05) is 0 Å². The van der Waals surface area contributed by atoms with Crippen LogP contribution in [0.5, 0.6) is 0 Å². The lowest BCUT2D eigenvalue weighted by Crippen LogP contribution is -2.07. The molecule has 3 rings (SSSR count). The highest BCUT2D eigenvalue weighted by atomic mass is 16.6. The number of aliphatic hydroxyl groups is 1. The molecule has 1 aliphatic heterocycles. The van der Waals surface area contributed by atoms with E-state index in [2.05, 4.69) is 6.92 Å². The average molecular weight is 200 g/mol. The van der Waals surface area contributed by atoms with E-state index in [1.54, 1.807) is 0 Å². The smallest absolute Gasteiger partial charge is 0.0841 e. The van der Waals surface area contributed by atoms with Gasteiger partial charge in [-0.3, -0.25) is 0 Å². The van der Waals surface area contributed by atoms with Crippen molar-refractivity contribution in [2.45, 2.75) is 71.2 Å². The number of fused-ring (bicyclic) bond motifs is 1. The monoisotopic (exact) mass is 200 g/mol. The maximum atomic E-state index is 9.00. The van der Waals surface area contributed by atoms with E-state index in [1.165, 1.54) is 32.1 Å².